The molecule has 0 aliphatic carbocycles. The molecule has 1 fully saturated rings. The Morgan fingerprint density at radius 2 is 1.88 bits per heavy atom. The highest BCUT2D eigenvalue weighted by Gasteiger charge is 2.07. The summed E-state index contributed by atoms with van der Waals surface area (Å²) in [5.74, 6) is 0. The first-order valence-corrected chi connectivity index (χ1v) is 6.92. The van der Waals surface area contributed by atoms with Crippen LogP contribution in [0.4, 0.5) is 0 Å². The third-order valence-electron chi connectivity index (χ3n) is 3.47. The van der Waals surface area contributed by atoms with Crippen LogP contribution in [-0.2, 0) is 6.42 Å². The molecule has 0 amide bonds. The molecule has 0 bridgehead atoms. The average Bonchev–Trinajstić information content (AvgIpc) is 2.65. The lowest BCUT2D eigenvalue weighted by atomic mass is 10.1. The second-order valence-electron chi connectivity index (χ2n) is 4.89. The molecule has 1 aromatic rings. The Labute approximate surface area is 105 Å². The summed E-state index contributed by atoms with van der Waals surface area (Å²) in [6.07, 6.45) is 5.18. The molecule has 0 aromatic heterocycles. The van der Waals surface area contributed by atoms with E-state index in [1.807, 2.05) is 0 Å². The Balaban J connectivity index is 1.59. The van der Waals surface area contributed by atoms with Crippen molar-refractivity contribution in [2.24, 2.45) is 0 Å². The standard InChI is InChI=1S/C15H24N2/c1-2-7-15(8-3-1)9-4-5-12-17-13-6-10-16-11-14-17/h1-3,7-8,16H,4-6,9-14H2. The summed E-state index contributed by atoms with van der Waals surface area (Å²) in [5, 5.41) is 3.45. The summed E-state index contributed by atoms with van der Waals surface area (Å²) in [5.41, 5.74) is 1.48. The van der Waals surface area contributed by atoms with Gasteiger partial charge in [0.15, 0.2) is 0 Å². The van der Waals surface area contributed by atoms with Gasteiger partial charge in [-0.3, -0.25) is 0 Å². The Kier molecular flexibility index (Phi) is 5.53. The van der Waals surface area contributed by atoms with Crippen LogP contribution < -0.4 is 5.32 Å². The molecule has 2 rings (SSSR count). The van der Waals surface area contributed by atoms with Gasteiger partial charge in [-0.2, -0.15) is 0 Å². The van der Waals surface area contributed by atoms with Crippen molar-refractivity contribution >= 4 is 0 Å². The molecule has 0 atom stereocenters. The molecule has 17 heavy (non-hydrogen) atoms. The SMILES string of the molecule is c1ccc(CCCCN2CCCNCC2)cc1. The number of hydrogen-bond acceptors (Lipinski definition) is 2. The van der Waals surface area contributed by atoms with Crippen LogP contribution in [0.3, 0.4) is 0 Å². The first-order valence-electron chi connectivity index (χ1n) is 6.92. The first kappa shape index (κ1) is 12.6. The third kappa shape index (κ3) is 4.88. The Morgan fingerprint density at radius 3 is 2.76 bits per heavy atom. The van der Waals surface area contributed by atoms with Gasteiger partial charge in [0.05, 0.1) is 0 Å². The zero-order valence-electron chi connectivity index (χ0n) is 10.7. The third-order valence-corrected chi connectivity index (χ3v) is 3.47. The number of unbranched alkanes of at least 4 members (excludes halogenated alkanes) is 1. The molecule has 1 aromatic carbocycles. The molecule has 1 heterocycles. The summed E-state index contributed by atoms with van der Waals surface area (Å²) in [6.45, 7) is 6.14. The largest absolute Gasteiger partial charge is 0.315 e. The lowest BCUT2D eigenvalue weighted by Crippen LogP contribution is -2.29. The molecule has 0 unspecified atom stereocenters. The van der Waals surface area contributed by atoms with E-state index >= 15 is 0 Å². The van der Waals surface area contributed by atoms with Gasteiger partial charge < -0.3 is 10.2 Å². The Bertz CT molecular complexity index is 289. The summed E-state index contributed by atoms with van der Waals surface area (Å²) >= 11 is 0. The van der Waals surface area contributed by atoms with Crippen LogP contribution in [0.1, 0.15) is 24.8 Å². The van der Waals surface area contributed by atoms with E-state index < -0.39 is 0 Å². The smallest absolute Gasteiger partial charge is 0.0107 e. The molecule has 94 valence electrons. The van der Waals surface area contributed by atoms with Gasteiger partial charge in [0.2, 0.25) is 0 Å². The predicted octanol–water partition coefficient (Wildman–Crippen LogP) is 2.30. The molecule has 0 spiro atoms. The fourth-order valence-electron chi connectivity index (χ4n) is 2.43. The Morgan fingerprint density at radius 1 is 1.00 bits per heavy atom. The molecule has 0 saturated carbocycles. The van der Waals surface area contributed by atoms with Crippen molar-refractivity contribution in [3.05, 3.63) is 35.9 Å². The zero-order chi connectivity index (χ0) is 11.8. The molecule has 2 nitrogen and oxygen atoms in total. The lowest BCUT2D eigenvalue weighted by Gasteiger charge is -2.18. The molecular formula is C15H24N2. The summed E-state index contributed by atoms with van der Waals surface area (Å²) < 4.78 is 0. The van der Waals surface area contributed by atoms with E-state index in [0.717, 1.165) is 0 Å². The van der Waals surface area contributed by atoms with E-state index in [1.54, 1.807) is 0 Å². The zero-order valence-corrected chi connectivity index (χ0v) is 10.7. The maximum atomic E-state index is 3.45. The highest BCUT2D eigenvalue weighted by Crippen LogP contribution is 2.06. The molecule has 1 saturated heterocycles. The van der Waals surface area contributed by atoms with Crippen LogP contribution in [0.2, 0.25) is 0 Å². The van der Waals surface area contributed by atoms with Gasteiger partial charge in [-0.05, 0) is 50.9 Å². The van der Waals surface area contributed by atoms with Crippen molar-refractivity contribution in [1.82, 2.24) is 10.2 Å². The minimum atomic E-state index is 1.17. The number of hydrogen-bond donors (Lipinski definition) is 1. The van der Waals surface area contributed by atoms with Crippen molar-refractivity contribution in [2.75, 3.05) is 32.7 Å². The number of benzene rings is 1. The molecular weight excluding hydrogens is 208 g/mol. The summed E-state index contributed by atoms with van der Waals surface area (Å²) in [4.78, 5) is 2.60. The molecule has 1 aliphatic rings. The quantitative estimate of drug-likeness (QED) is 0.784. The van der Waals surface area contributed by atoms with Gasteiger partial charge in [0.25, 0.3) is 0 Å². The Hall–Kier alpha value is -0.860. The van der Waals surface area contributed by atoms with Gasteiger partial charge in [0.1, 0.15) is 0 Å². The minimum absolute atomic E-state index is 1.17. The van der Waals surface area contributed by atoms with Crippen molar-refractivity contribution in [2.45, 2.75) is 25.7 Å². The van der Waals surface area contributed by atoms with E-state index in [2.05, 4.69) is 40.5 Å². The second kappa shape index (κ2) is 7.46. The van der Waals surface area contributed by atoms with Crippen LogP contribution in [0.15, 0.2) is 30.3 Å². The van der Waals surface area contributed by atoms with Crippen LogP contribution in [0, 0.1) is 0 Å². The van der Waals surface area contributed by atoms with Crippen LogP contribution in [0.5, 0.6) is 0 Å². The fraction of sp³-hybridized carbons (Fsp3) is 0.600. The van der Waals surface area contributed by atoms with E-state index in [0.29, 0.717) is 0 Å². The van der Waals surface area contributed by atoms with E-state index in [4.69, 9.17) is 0 Å². The van der Waals surface area contributed by atoms with Crippen molar-refractivity contribution < 1.29 is 0 Å². The molecule has 0 radical (unpaired) electrons. The van der Waals surface area contributed by atoms with Gasteiger partial charge >= 0.3 is 0 Å². The number of nitrogens with zero attached hydrogens (tertiary/aromatic N) is 1. The summed E-state index contributed by atoms with van der Waals surface area (Å²) in [7, 11) is 0. The first-order chi connectivity index (χ1) is 8.45. The van der Waals surface area contributed by atoms with Gasteiger partial charge in [0, 0.05) is 13.1 Å². The molecule has 1 N–H and O–H groups in total. The van der Waals surface area contributed by atoms with E-state index in [9.17, 15) is 0 Å². The second-order valence-corrected chi connectivity index (χ2v) is 4.89. The maximum absolute atomic E-state index is 3.45. The predicted molar refractivity (Wildman–Crippen MR) is 73.3 cm³/mol. The van der Waals surface area contributed by atoms with Crippen LogP contribution in [0.25, 0.3) is 0 Å². The number of aryl methyl sites for hydroxylation is 1. The van der Waals surface area contributed by atoms with Gasteiger partial charge in [-0.15, -0.1) is 0 Å². The van der Waals surface area contributed by atoms with Gasteiger partial charge in [-0.25, -0.2) is 0 Å². The highest BCUT2D eigenvalue weighted by atomic mass is 15.1. The number of nitrogens with one attached hydrogen (secondary N) is 1. The minimum Gasteiger partial charge on any atom is -0.315 e. The summed E-state index contributed by atoms with van der Waals surface area (Å²) in [6, 6.07) is 10.8. The van der Waals surface area contributed by atoms with Crippen molar-refractivity contribution in [1.29, 1.82) is 0 Å². The highest BCUT2D eigenvalue weighted by molar-refractivity contribution is 5.14. The number of rotatable bonds is 5. The van der Waals surface area contributed by atoms with Crippen molar-refractivity contribution in [3.8, 4) is 0 Å². The van der Waals surface area contributed by atoms with Crippen molar-refractivity contribution in [3.63, 3.8) is 0 Å². The lowest BCUT2D eigenvalue weighted by molar-refractivity contribution is 0.286. The maximum Gasteiger partial charge on any atom is 0.0107 e. The van der Waals surface area contributed by atoms with Crippen LogP contribution in [-0.4, -0.2) is 37.6 Å². The van der Waals surface area contributed by atoms with E-state index in [1.165, 1.54) is 64.0 Å². The average molecular weight is 232 g/mol. The monoisotopic (exact) mass is 232 g/mol. The molecule has 2 heteroatoms. The van der Waals surface area contributed by atoms with Crippen LogP contribution >= 0.6 is 0 Å². The van der Waals surface area contributed by atoms with E-state index in [-0.39, 0.29) is 0 Å². The van der Waals surface area contributed by atoms with Gasteiger partial charge in [-0.1, -0.05) is 30.3 Å². The topological polar surface area (TPSA) is 15.3 Å². The molecule has 1 aliphatic heterocycles. The normalized spacial score (nSPS) is 17.9. The fourth-order valence-corrected chi connectivity index (χ4v) is 2.43.